The van der Waals surface area contributed by atoms with E-state index in [0.29, 0.717) is 6.42 Å². The highest BCUT2D eigenvalue weighted by atomic mass is 32.2. The van der Waals surface area contributed by atoms with E-state index in [1.165, 1.54) is 0 Å². The number of nitrogens with one attached hydrogen (secondary N) is 1. The fourth-order valence-corrected chi connectivity index (χ4v) is 1.95. The summed E-state index contributed by atoms with van der Waals surface area (Å²) in [5.74, 6) is 0. The van der Waals surface area contributed by atoms with Gasteiger partial charge < -0.3 is 10.1 Å². The molecule has 1 atom stereocenters. The molecule has 0 radical (unpaired) electrons. The van der Waals surface area contributed by atoms with Gasteiger partial charge in [0.1, 0.15) is 5.60 Å². The molecule has 6 nitrogen and oxygen atoms in total. The Kier molecular flexibility index (Phi) is 8.12. The van der Waals surface area contributed by atoms with Crippen LogP contribution in [0.25, 0.3) is 0 Å². The number of hydrogen-bond donors (Lipinski definition) is 1. The van der Waals surface area contributed by atoms with Gasteiger partial charge in [0.2, 0.25) is 0 Å². The van der Waals surface area contributed by atoms with Gasteiger partial charge in [-0.1, -0.05) is 19.8 Å². The minimum absolute atomic E-state index is 0.0585. The maximum atomic E-state index is 11.7. The first-order valence-corrected chi connectivity index (χ1v) is 8.69. The molecule has 1 unspecified atom stereocenters. The zero-order chi connectivity index (χ0) is 15.8. The van der Waals surface area contributed by atoms with Crippen molar-refractivity contribution in [1.29, 1.82) is 0 Å². The molecular formula is C13H27NO5S. The molecule has 0 aliphatic carbocycles. The standard InChI is InChI=1S/C13H27NO5S/c1-6-7-8-11(9-10-18-20(5,16)17)14-12(15)19-13(2,3)4/h11H,6-10H2,1-5H3,(H,14,15). The minimum Gasteiger partial charge on any atom is -0.444 e. The van der Waals surface area contributed by atoms with Crippen molar-refractivity contribution in [2.24, 2.45) is 0 Å². The van der Waals surface area contributed by atoms with Crippen LogP contribution in [0.3, 0.4) is 0 Å². The third-order valence-corrected chi connectivity index (χ3v) is 2.99. The van der Waals surface area contributed by atoms with E-state index in [2.05, 4.69) is 12.2 Å². The Morgan fingerprint density at radius 1 is 1.25 bits per heavy atom. The maximum Gasteiger partial charge on any atom is 0.407 e. The molecule has 1 N–H and O–H groups in total. The lowest BCUT2D eigenvalue weighted by Gasteiger charge is -2.23. The van der Waals surface area contributed by atoms with Crippen LogP contribution in [0.5, 0.6) is 0 Å². The Balaban J connectivity index is 4.30. The van der Waals surface area contributed by atoms with E-state index in [-0.39, 0.29) is 12.6 Å². The zero-order valence-electron chi connectivity index (χ0n) is 13.1. The highest BCUT2D eigenvalue weighted by Crippen LogP contribution is 2.10. The highest BCUT2D eigenvalue weighted by Gasteiger charge is 2.19. The van der Waals surface area contributed by atoms with Gasteiger partial charge in [-0.15, -0.1) is 0 Å². The van der Waals surface area contributed by atoms with Gasteiger partial charge in [-0.3, -0.25) is 4.18 Å². The first kappa shape index (κ1) is 19.2. The van der Waals surface area contributed by atoms with Gasteiger partial charge >= 0.3 is 6.09 Å². The van der Waals surface area contributed by atoms with Crippen LogP contribution in [0.4, 0.5) is 4.79 Å². The predicted molar refractivity (Wildman–Crippen MR) is 78.1 cm³/mol. The molecule has 0 aliphatic rings. The number of amides is 1. The molecule has 0 aliphatic heterocycles. The average molecular weight is 309 g/mol. The van der Waals surface area contributed by atoms with Crippen molar-refractivity contribution in [2.45, 2.75) is 65.0 Å². The van der Waals surface area contributed by atoms with Gasteiger partial charge in [-0.05, 0) is 33.6 Å². The third kappa shape index (κ3) is 12.2. The lowest BCUT2D eigenvalue weighted by atomic mass is 10.1. The molecule has 20 heavy (non-hydrogen) atoms. The second-order valence-electron chi connectivity index (χ2n) is 5.80. The Morgan fingerprint density at radius 3 is 2.30 bits per heavy atom. The number of alkyl carbamates (subject to hydrolysis) is 1. The quantitative estimate of drug-likeness (QED) is 0.696. The van der Waals surface area contributed by atoms with Gasteiger partial charge in [0.15, 0.2) is 0 Å². The first-order chi connectivity index (χ1) is 9.03. The molecule has 0 saturated carbocycles. The maximum absolute atomic E-state index is 11.7. The fraction of sp³-hybridized carbons (Fsp3) is 0.923. The summed E-state index contributed by atoms with van der Waals surface area (Å²) in [5, 5.41) is 2.76. The van der Waals surface area contributed by atoms with Crippen molar-refractivity contribution in [3.05, 3.63) is 0 Å². The van der Waals surface area contributed by atoms with Crippen molar-refractivity contribution in [2.75, 3.05) is 12.9 Å². The summed E-state index contributed by atoms with van der Waals surface area (Å²) in [6.45, 7) is 7.49. The van der Waals surface area contributed by atoms with Crippen molar-refractivity contribution in [3.8, 4) is 0 Å². The Labute approximate surface area is 122 Å². The summed E-state index contributed by atoms with van der Waals surface area (Å²) < 4.78 is 31.7. The van der Waals surface area contributed by atoms with E-state index in [9.17, 15) is 13.2 Å². The minimum atomic E-state index is -3.44. The number of unbranched alkanes of at least 4 members (excludes halogenated alkanes) is 1. The SMILES string of the molecule is CCCCC(CCOS(C)(=O)=O)NC(=O)OC(C)(C)C. The lowest BCUT2D eigenvalue weighted by Crippen LogP contribution is -2.39. The summed E-state index contributed by atoms with van der Waals surface area (Å²) >= 11 is 0. The fourth-order valence-electron chi connectivity index (χ4n) is 1.56. The molecular weight excluding hydrogens is 282 g/mol. The second kappa shape index (κ2) is 8.46. The molecule has 1 amide bonds. The number of hydrogen-bond acceptors (Lipinski definition) is 5. The summed E-state index contributed by atoms with van der Waals surface area (Å²) in [6, 6.07) is -0.147. The van der Waals surface area contributed by atoms with Crippen LogP contribution < -0.4 is 5.32 Å². The smallest absolute Gasteiger partial charge is 0.407 e. The largest absolute Gasteiger partial charge is 0.444 e. The summed E-state index contributed by atoms with van der Waals surface area (Å²) in [5.41, 5.74) is -0.553. The summed E-state index contributed by atoms with van der Waals surface area (Å²) in [4.78, 5) is 11.7. The van der Waals surface area contributed by atoms with Crippen LogP contribution in [0.15, 0.2) is 0 Å². The highest BCUT2D eigenvalue weighted by molar-refractivity contribution is 7.85. The topological polar surface area (TPSA) is 81.7 Å². The van der Waals surface area contributed by atoms with Crippen molar-refractivity contribution in [3.63, 3.8) is 0 Å². The van der Waals surface area contributed by atoms with Gasteiger partial charge in [-0.2, -0.15) is 8.42 Å². The Bertz CT molecular complexity index is 386. The van der Waals surface area contributed by atoms with Crippen LogP contribution >= 0.6 is 0 Å². The zero-order valence-corrected chi connectivity index (χ0v) is 13.9. The molecule has 120 valence electrons. The predicted octanol–water partition coefficient (Wildman–Crippen LogP) is 2.44. The number of carbonyl (C=O) groups is 1. The van der Waals surface area contributed by atoms with Crippen molar-refractivity contribution in [1.82, 2.24) is 5.32 Å². The van der Waals surface area contributed by atoms with E-state index in [0.717, 1.165) is 25.5 Å². The van der Waals surface area contributed by atoms with Crippen LogP contribution in [0.1, 0.15) is 53.4 Å². The summed E-state index contributed by atoms with van der Waals surface area (Å²) in [6.07, 6.45) is 3.67. The van der Waals surface area contributed by atoms with Gasteiger partial charge in [0.05, 0.1) is 12.9 Å². The van der Waals surface area contributed by atoms with E-state index in [1.807, 2.05) is 0 Å². The normalized spacial score (nSPS) is 13.8. The molecule has 0 aromatic heterocycles. The third-order valence-electron chi connectivity index (χ3n) is 2.39. The van der Waals surface area contributed by atoms with E-state index in [4.69, 9.17) is 8.92 Å². The van der Waals surface area contributed by atoms with Crippen LogP contribution in [0, 0.1) is 0 Å². The molecule has 0 heterocycles. The van der Waals surface area contributed by atoms with Crippen LogP contribution in [-0.2, 0) is 19.0 Å². The second-order valence-corrected chi connectivity index (χ2v) is 7.44. The lowest BCUT2D eigenvalue weighted by molar-refractivity contribution is 0.0495. The Morgan fingerprint density at radius 2 is 1.85 bits per heavy atom. The van der Waals surface area contributed by atoms with Crippen LogP contribution in [-0.4, -0.2) is 39.0 Å². The molecule has 0 aromatic carbocycles. The molecule has 0 saturated heterocycles. The van der Waals surface area contributed by atoms with Gasteiger partial charge in [0.25, 0.3) is 10.1 Å². The van der Waals surface area contributed by atoms with Gasteiger partial charge in [0, 0.05) is 6.04 Å². The molecule has 7 heteroatoms. The average Bonchev–Trinajstić information content (AvgIpc) is 2.21. The van der Waals surface area contributed by atoms with Gasteiger partial charge in [-0.25, -0.2) is 4.79 Å². The van der Waals surface area contributed by atoms with Crippen molar-refractivity contribution >= 4 is 16.2 Å². The molecule has 0 rings (SSSR count). The molecule has 0 spiro atoms. The van der Waals surface area contributed by atoms with Crippen LogP contribution in [0.2, 0.25) is 0 Å². The molecule has 0 bridgehead atoms. The number of rotatable bonds is 8. The summed E-state index contributed by atoms with van der Waals surface area (Å²) in [7, 11) is -3.44. The van der Waals surface area contributed by atoms with E-state index >= 15 is 0 Å². The van der Waals surface area contributed by atoms with Crippen molar-refractivity contribution < 1.29 is 22.1 Å². The number of ether oxygens (including phenoxy) is 1. The molecule has 0 fully saturated rings. The Hall–Kier alpha value is -0.820. The van der Waals surface area contributed by atoms with E-state index < -0.39 is 21.8 Å². The monoisotopic (exact) mass is 309 g/mol. The van der Waals surface area contributed by atoms with E-state index in [1.54, 1.807) is 20.8 Å². The number of carbonyl (C=O) groups excluding carboxylic acids is 1. The molecule has 0 aromatic rings. The first-order valence-electron chi connectivity index (χ1n) is 6.87.